The summed E-state index contributed by atoms with van der Waals surface area (Å²) in [4.78, 5) is 35.9. The summed E-state index contributed by atoms with van der Waals surface area (Å²) in [5.41, 5.74) is 1.20. The summed E-state index contributed by atoms with van der Waals surface area (Å²) in [6.07, 6.45) is 2.10. The van der Waals surface area contributed by atoms with E-state index in [1.165, 1.54) is 22.9 Å². The molecule has 0 unspecified atom stereocenters. The van der Waals surface area contributed by atoms with Crippen molar-refractivity contribution >= 4 is 6.29 Å². The topological polar surface area (TPSA) is 92.2 Å². The molecule has 0 aliphatic heterocycles. The number of benzene rings is 2. The van der Waals surface area contributed by atoms with Gasteiger partial charge in [-0.05, 0) is 23.8 Å². The fourth-order valence-corrected chi connectivity index (χ4v) is 2.27. The summed E-state index contributed by atoms with van der Waals surface area (Å²) in [7, 11) is 0. The lowest BCUT2D eigenvalue weighted by Crippen LogP contribution is -2.27. The van der Waals surface area contributed by atoms with Crippen molar-refractivity contribution in [3.8, 4) is 22.6 Å². The highest BCUT2D eigenvalue weighted by Gasteiger charge is 2.08. The van der Waals surface area contributed by atoms with E-state index in [2.05, 4.69) is 4.98 Å². The van der Waals surface area contributed by atoms with Crippen LogP contribution >= 0.6 is 0 Å². The van der Waals surface area contributed by atoms with Crippen molar-refractivity contribution < 1.29 is 9.90 Å². The minimum Gasteiger partial charge on any atom is -0.507 e. The second-order valence-corrected chi connectivity index (χ2v) is 4.92. The lowest BCUT2D eigenvalue weighted by molar-refractivity contribution is 0.112. The molecular formula is C17H12N2O4. The summed E-state index contributed by atoms with van der Waals surface area (Å²) in [5.74, 6) is 0.0464. The third-order valence-electron chi connectivity index (χ3n) is 3.44. The average molecular weight is 308 g/mol. The van der Waals surface area contributed by atoms with E-state index in [9.17, 15) is 19.5 Å². The van der Waals surface area contributed by atoms with Crippen LogP contribution in [-0.4, -0.2) is 20.9 Å². The van der Waals surface area contributed by atoms with Crippen LogP contribution in [0.15, 0.2) is 64.3 Å². The average Bonchev–Trinajstić information content (AvgIpc) is 2.56. The normalized spacial score (nSPS) is 10.4. The van der Waals surface area contributed by atoms with Gasteiger partial charge < -0.3 is 5.11 Å². The van der Waals surface area contributed by atoms with Gasteiger partial charge in [-0.25, -0.2) is 4.79 Å². The molecule has 3 aromatic rings. The van der Waals surface area contributed by atoms with Crippen LogP contribution in [0.3, 0.4) is 0 Å². The number of phenolic OH excluding ortho intramolecular Hbond substituents is 1. The van der Waals surface area contributed by atoms with Gasteiger partial charge in [0.1, 0.15) is 12.0 Å². The van der Waals surface area contributed by atoms with E-state index in [1.54, 1.807) is 36.4 Å². The molecule has 0 spiro atoms. The molecule has 1 heterocycles. The van der Waals surface area contributed by atoms with Crippen LogP contribution in [0.1, 0.15) is 10.4 Å². The monoisotopic (exact) mass is 308 g/mol. The molecular weight excluding hydrogens is 296 g/mol. The molecule has 114 valence electrons. The molecule has 0 radical (unpaired) electrons. The van der Waals surface area contributed by atoms with Gasteiger partial charge in [0.05, 0.1) is 5.69 Å². The van der Waals surface area contributed by atoms with Crippen LogP contribution in [0.2, 0.25) is 0 Å². The highest BCUT2D eigenvalue weighted by atomic mass is 16.3. The number of hydrogen-bond acceptors (Lipinski definition) is 4. The van der Waals surface area contributed by atoms with Crippen LogP contribution in [-0.2, 0) is 0 Å². The van der Waals surface area contributed by atoms with Crippen LogP contribution in [0.5, 0.6) is 5.75 Å². The van der Waals surface area contributed by atoms with Gasteiger partial charge in [-0.15, -0.1) is 0 Å². The molecule has 0 saturated carbocycles. The van der Waals surface area contributed by atoms with Crippen molar-refractivity contribution in [2.24, 2.45) is 0 Å². The largest absolute Gasteiger partial charge is 0.507 e. The molecule has 1 aromatic heterocycles. The molecule has 2 aromatic carbocycles. The number of aldehydes is 1. The first-order valence-corrected chi connectivity index (χ1v) is 6.79. The molecule has 0 atom stereocenters. The highest BCUT2D eigenvalue weighted by Crippen LogP contribution is 2.30. The van der Waals surface area contributed by atoms with Gasteiger partial charge in [-0.2, -0.15) is 0 Å². The molecule has 3 rings (SSSR count). The van der Waals surface area contributed by atoms with Gasteiger partial charge in [-0.3, -0.25) is 19.1 Å². The van der Waals surface area contributed by atoms with E-state index in [4.69, 9.17) is 0 Å². The predicted octanol–water partition coefficient (Wildman–Crippen LogP) is 1.71. The first-order valence-electron chi connectivity index (χ1n) is 6.79. The van der Waals surface area contributed by atoms with Gasteiger partial charge in [0.25, 0.3) is 5.56 Å². The minimum absolute atomic E-state index is 0.0464. The number of nitrogens with zero attached hydrogens (tertiary/aromatic N) is 1. The number of carbonyl (C=O) groups is 1. The van der Waals surface area contributed by atoms with E-state index in [0.717, 1.165) is 6.29 Å². The molecule has 6 nitrogen and oxygen atoms in total. The molecule has 0 saturated heterocycles. The van der Waals surface area contributed by atoms with Gasteiger partial charge in [0.15, 0.2) is 0 Å². The summed E-state index contributed by atoms with van der Waals surface area (Å²) < 4.78 is 1.27. The van der Waals surface area contributed by atoms with E-state index in [0.29, 0.717) is 22.4 Å². The SMILES string of the molecule is O=Cc1ccc(-c2cc(-n3ccc(=O)[nH]c3=O)ccc2O)cc1. The molecule has 0 bridgehead atoms. The van der Waals surface area contributed by atoms with Crippen molar-refractivity contribution in [1.82, 2.24) is 9.55 Å². The maximum absolute atomic E-state index is 11.9. The van der Waals surface area contributed by atoms with E-state index in [1.807, 2.05) is 0 Å². The molecule has 23 heavy (non-hydrogen) atoms. The number of hydrogen-bond donors (Lipinski definition) is 2. The Labute approximate surface area is 130 Å². The summed E-state index contributed by atoms with van der Waals surface area (Å²) in [6.45, 7) is 0. The minimum atomic E-state index is -0.564. The maximum atomic E-state index is 11.9. The first kappa shape index (κ1) is 14.5. The lowest BCUT2D eigenvalue weighted by atomic mass is 10.0. The highest BCUT2D eigenvalue weighted by molar-refractivity contribution is 5.78. The molecule has 2 N–H and O–H groups in total. The molecule has 0 amide bonds. The Morgan fingerprint density at radius 2 is 1.74 bits per heavy atom. The van der Waals surface area contributed by atoms with Crippen molar-refractivity contribution in [2.45, 2.75) is 0 Å². The van der Waals surface area contributed by atoms with E-state index < -0.39 is 11.2 Å². The number of aromatic nitrogens is 2. The quantitative estimate of drug-likeness (QED) is 0.720. The Kier molecular flexibility index (Phi) is 3.64. The van der Waals surface area contributed by atoms with Gasteiger partial charge in [-0.1, -0.05) is 24.3 Å². The number of phenols is 1. The van der Waals surface area contributed by atoms with Gasteiger partial charge in [0, 0.05) is 23.4 Å². The zero-order valence-electron chi connectivity index (χ0n) is 11.9. The van der Waals surface area contributed by atoms with E-state index >= 15 is 0 Å². The standard InChI is InChI=1S/C17H12N2O4/c20-10-11-1-3-12(4-2-11)14-9-13(5-6-15(14)21)19-8-7-16(22)18-17(19)23/h1-10,21H,(H,18,22,23). The number of rotatable bonds is 3. The number of H-pyrrole nitrogens is 1. The number of aromatic amines is 1. The summed E-state index contributed by atoms with van der Waals surface area (Å²) in [5, 5.41) is 10.1. The fraction of sp³-hybridized carbons (Fsp3) is 0. The molecule has 0 aliphatic carbocycles. The first-order chi connectivity index (χ1) is 11.1. The van der Waals surface area contributed by atoms with E-state index in [-0.39, 0.29) is 5.75 Å². The molecule has 0 aliphatic rings. The summed E-state index contributed by atoms with van der Waals surface area (Å²) in [6, 6.07) is 12.6. The Hall–Kier alpha value is -3.41. The van der Waals surface area contributed by atoms with Crippen molar-refractivity contribution in [3.63, 3.8) is 0 Å². The maximum Gasteiger partial charge on any atom is 0.332 e. The smallest absolute Gasteiger partial charge is 0.332 e. The third-order valence-corrected chi connectivity index (χ3v) is 3.44. The Morgan fingerprint density at radius 3 is 2.39 bits per heavy atom. The van der Waals surface area contributed by atoms with Crippen molar-refractivity contribution in [2.75, 3.05) is 0 Å². The second kappa shape index (κ2) is 5.76. The zero-order valence-corrected chi connectivity index (χ0v) is 11.9. The van der Waals surface area contributed by atoms with Crippen LogP contribution in [0.4, 0.5) is 0 Å². The van der Waals surface area contributed by atoms with Crippen LogP contribution < -0.4 is 11.2 Å². The molecule has 0 fully saturated rings. The number of carbonyl (C=O) groups excluding carboxylic acids is 1. The number of nitrogens with one attached hydrogen (secondary N) is 1. The Morgan fingerprint density at radius 1 is 1.00 bits per heavy atom. The van der Waals surface area contributed by atoms with Crippen molar-refractivity contribution in [3.05, 3.63) is 81.1 Å². The molecule has 6 heteroatoms. The van der Waals surface area contributed by atoms with Gasteiger partial charge in [0.2, 0.25) is 0 Å². The zero-order chi connectivity index (χ0) is 16.4. The summed E-state index contributed by atoms with van der Waals surface area (Å²) >= 11 is 0. The third kappa shape index (κ3) is 2.82. The van der Waals surface area contributed by atoms with Crippen LogP contribution in [0, 0.1) is 0 Å². The number of aromatic hydroxyl groups is 1. The Bertz CT molecular complexity index is 984. The van der Waals surface area contributed by atoms with Crippen LogP contribution in [0.25, 0.3) is 16.8 Å². The fourth-order valence-electron chi connectivity index (χ4n) is 2.27. The van der Waals surface area contributed by atoms with Crippen molar-refractivity contribution in [1.29, 1.82) is 0 Å². The second-order valence-electron chi connectivity index (χ2n) is 4.92. The predicted molar refractivity (Wildman–Crippen MR) is 85.1 cm³/mol. The lowest BCUT2D eigenvalue weighted by Gasteiger charge is -2.10. The van der Waals surface area contributed by atoms with Gasteiger partial charge >= 0.3 is 5.69 Å². The Balaban J connectivity index is 2.13.